The third-order valence-corrected chi connectivity index (χ3v) is 4.26. The summed E-state index contributed by atoms with van der Waals surface area (Å²) in [5, 5.41) is 9.23. The maximum absolute atomic E-state index is 9.23. The van der Waals surface area contributed by atoms with Crippen LogP contribution in [0.25, 0.3) is 11.0 Å². The number of aromatic amines is 1. The smallest absolute Gasteiger partial charge is 0.203 e. The molecule has 24 heavy (non-hydrogen) atoms. The maximum atomic E-state index is 9.23. The van der Waals surface area contributed by atoms with Gasteiger partial charge in [0.1, 0.15) is 6.07 Å². The summed E-state index contributed by atoms with van der Waals surface area (Å²) in [6.45, 7) is 3.37. The summed E-state index contributed by atoms with van der Waals surface area (Å²) in [6, 6.07) is 10.2. The zero-order valence-corrected chi connectivity index (χ0v) is 13.2. The normalized spacial score (nSPS) is 15.3. The highest BCUT2D eigenvalue weighted by atomic mass is 15.3. The summed E-state index contributed by atoms with van der Waals surface area (Å²) in [5.41, 5.74) is 2.42. The van der Waals surface area contributed by atoms with Crippen LogP contribution in [0.2, 0.25) is 0 Å². The zero-order chi connectivity index (χ0) is 16.4. The fourth-order valence-electron chi connectivity index (χ4n) is 3.07. The van der Waals surface area contributed by atoms with Gasteiger partial charge in [0.2, 0.25) is 5.95 Å². The molecule has 120 valence electrons. The molecule has 0 bridgehead atoms. The van der Waals surface area contributed by atoms with Crippen molar-refractivity contribution in [3.63, 3.8) is 0 Å². The summed E-state index contributed by atoms with van der Waals surface area (Å²) in [4.78, 5) is 20.9. The summed E-state index contributed by atoms with van der Waals surface area (Å²) < 4.78 is 0. The molecule has 0 aliphatic carbocycles. The lowest BCUT2D eigenvalue weighted by molar-refractivity contribution is 0.788. The van der Waals surface area contributed by atoms with Gasteiger partial charge in [0.05, 0.1) is 11.0 Å². The third-order valence-electron chi connectivity index (χ3n) is 4.26. The third kappa shape index (κ3) is 2.63. The average molecular weight is 319 g/mol. The summed E-state index contributed by atoms with van der Waals surface area (Å²) in [5.74, 6) is 1.57. The van der Waals surface area contributed by atoms with Crippen LogP contribution in [0.3, 0.4) is 0 Å². The summed E-state index contributed by atoms with van der Waals surface area (Å²) >= 11 is 0. The highest BCUT2D eigenvalue weighted by Gasteiger charge is 2.20. The monoisotopic (exact) mass is 319 g/mol. The number of nitrogens with zero attached hydrogens (tertiary/aromatic N) is 6. The van der Waals surface area contributed by atoms with Crippen LogP contribution in [-0.2, 0) is 0 Å². The molecule has 0 saturated carbocycles. The Morgan fingerprint density at radius 2 is 1.79 bits per heavy atom. The molecular weight excluding hydrogens is 302 g/mol. The molecule has 1 aliphatic heterocycles. The molecule has 1 fully saturated rings. The number of nitriles is 1. The van der Waals surface area contributed by atoms with Gasteiger partial charge in [-0.2, -0.15) is 5.26 Å². The molecule has 1 N–H and O–H groups in total. The molecule has 2 aromatic heterocycles. The first-order chi connectivity index (χ1) is 11.8. The van der Waals surface area contributed by atoms with Crippen LogP contribution in [0.5, 0.6) is 0 Å². The number of H-pyrrole nitrogens is 1. The molecule has 0 atom stereocenters. The van der Waals surface area contributed by atoms with E-state index in [-0.39, 0.29) is 0 Å². The molecule has 3 heterocycles. The Hall–Kier alpha value is -3.14. The fourth-order valence-corrected chi connectivity index (χ4v) is 3.07. The van der Waals surface area contributed by atoms with Gasteiger partial charge in [-0.15, -0.1) is 0 Å². The first kappa shape index (κ1) is 14.5. The molecule has 1 aliphatic rings. The molecule has 0 spiro atoms. The van der Waals surface area contributed by atoms with E-state index in [9.17, 15) is 5.26 Å². The number of hydrogen-bond acceptors (Lipinski definition) is 6. The predicted molar refractivity (Wildman–Crippen MR) is 91.9 cm³/mol. The number of hydrogen-bond donors (Lipinski definition) is 1. The summed E-state index contributed by atoms with van der Waals surface area (Å²) in [7, 11) is 0. The standard InChI is InChI=1S/C17H17N7/c18-12-15-16(20-7-6-19-15)23-8-3-9-24(11-10-23)17-21-13-4-1-2-5-14(13)22-17/h1-2,4-7H,3,8-11H2,(H,21,22). The van der Waals surface area contributed by atoms with Crippen molar-refractivity contribution in [3.8, 4) is 6.07 Å². The molecule has 1 saturated heterocycles. The Balaban J connectivity index is 1.55. The van der Waals surface area contributed by atoms with E-state index in [0.29, 0.717) is 11.5 Å². The largest absolute Gasteiger partial charge is 0.352 e. The van der Waals surface area contributed by atoms with Crippen LogP contribution in [0, 0.1) is 11.3 Å². The first-order valence-electron chi connectivity index (χ1n) is 8.01. The van der Waals surface area contributed by atoms with Gasteiger partial charge in [-0.05, 0) is 18.6 Å². The summed E-state index contributed by atoms with van der Waals surface area (Å²) in [6.07, 6.45) is 4.16. The lowest BCUT2D eigenvalue weighted by Gasteiger charge is -2.22. The number of fused-ring (bicyclic) bond motifs is 1. The van der Waals surface area contributed by atoms with E-state index in [4.69, 9.17) is 0 Å². The predicted octanol–water partition coefficient (Wildman–Crippen LogP) is 1.94. The van der Waals surface area contributed by atoms with Crippen molar-refractivity contribution in [3.05, 3.63) is 42.4 Å². The van der Waals surface area contributed by atoms with Gasteiger partial charge in [-0.25, -0.2) is 15.0 Å². The van der Waals surface area contributed by atoms with Gasteiger partial charge in [0.25, 0.3) is 0 Å². The van der Waals surface area contributed by atoms with Crippen LogP contribution in [0.4, 0.5) is 11.8 Å². The minimum Gasteiger partial charge on any atom is -0.352 e. The van der Waals surface area contributed by atoms with Crippen molar-refractivity contribution in [2.75, 3.05) is 36.0 Å². The SMILES string of the molecule is N#Cc1nccnc1N1CCCN(c2nc3ccccc3[nH]2)CC1. The number of para-hydroxylation sites is 2. The van der Waals surface area contributed by atoms with Crippen LogP contribution < -0.4 is 9.80 Å². The second-order valence-corrected chi connectivity index (χ2v) is 5.75. The Bertz CT molecular complexity index is 862. The number of imidazole rings is 1. The van der Waals surface area contributed by atoms with E-state index < -0.39 is 0 Å². The van der Waals surface area contributed by atoms with E-state index in [2.05, 4.69) is 35.8 Å². The van der Waals surface area contributed by atoms with Crippen molar-refractivity contribution in [1.82, 2.24) is 19.9 Å². The number of benzene rings is 1. The molecule has 3 aromatic rings. The van der Waals surface area contributed by atoms with Gasteiger partial charge < -0.3 is 14.8 Å². The van der Waals surface area contributed by atoms with Crippen LogP contribution in [-0.4, -0.2) is 46.1 Å². The number of aromatic nitrogens is 4. The number of rotatable bonds is 2. The Kier molecular flexibility index (Phi) is 3.71. The van der Waals surface area contributed by atoms with Gasteiger partial charge in [-0.3, -0.25) is 0 Å². The molecule has 7 nitrogen and oxygen atoms in total. The average Bonchev–Trinajstić information content (AvgIpc) is 2.91. The molecule has 1 aromatic carbocycles. The van der Waals surface area contributed by atoms with Crippen molar-refractivity contribution < 1.29 is 0 Å². The zero-order valence-electron chi connectivity index (χ0n) is 13.2. The second kappa shape index (κ2) is 6.16. The quantitative estimate of drug-likeness (QED) is 0.777. The van der Waals surface area contributed by atoms with Crippen molar-refractivity contribution in [1.29, 1.82) is 5.26 Å². The van der Waals surface area contributed by atoms with Crippen LogP contribution in [0.1, 0.15) is 12.1 Å². The van der Waals surface area contributed by atoms with Crippen LogP contribution in [0.15, 0.2) is 36.7 Å². The molecule has 4 rings (SSSR count). The molecule has 7 heteroatoms. The number of anilines is 2. The highest BCUT2D eigenvalue weighted by Crippen LogP contribution is 2.21. The van der Waals surface area contributed by atoms with Crippen molar-refractivity contribution in [2.24, 2.45) is 0 Å². The van der Waals surface area contributed by atoms with Crippen molar-refractivity contribution in [2.45, 2.75) is 6.42 Å². The van der Waals surface area contributed by atoms with E-state index >= 15 is 0 Å². The molecule has 0 radical (unpaired) electrons. The highest BCUT2D eigenvalue weighted by molar-refractivity contribution is 5.77. The van der Waals surface area contributed by atoms with E-state index in [1.54, 1.807) is 12.4 Å². The molecule has 0 unspecified atom stereocenters. The van der Waals surface area contributed by atoms with Gasteiger partial charge >= 0.3 is 0 Å². The van der Waals surface area contributed by atoms with Crippen LogP contribution >= 0.6 is 0 Å². The van der Waals surface area contributed by atoms with Gasteiger partial charge in [-0.1, -0.05) is 12.1 Å². The Labute approximate surface area is 139 Å². The first-order valence-corrected chi connectivity index (χ1v) is 8.01. The molecular formula is C17H17N7. The maximum Gasteiger partial charge on any atom is 0.203 e. The lowest BCUT2D eigenvalue weighted by atomic mass is 10.3. The van der Waals surface area contributed by atoms with E-state index in [1.807, 2.05) is 24.3 Å². The van der Waals surface area contributed by atoms with Crippen molar-refractivity contribution >= 4 is 22.8 Å². The topological polar surface area (TPSA) is 84.7 Å². The second-order valence-electron chi connectivity index (χ2n) is 5.75. The minimum absolute atomic E-state index is 0.384. The van der Waals surface area contributed by atoms with E-state index in [0.717, 1.165) is 49.6 Å². The minimum atomic E-state index is 0.384. The fraction of sp³-hybridized carbons (Fsp3) is 0.294. The molecule has 0 amide bonds. The van der Waals surface area contributed by atoms with Gasteiger partial charge in [0, 0.05) is 38.6 Å². The Morgan fingerprint density at radius 1 is 1.00 bits per heavy atom. The van der Waals surface area contributed by atoms with Gasteiger partial charge in [0.15, 0.2) is 11.5 Å². The van der Waals surface area contributed by atoms with E-state index in [1.165, 1.54) is 0 Å². The number of nitrogens with one attached hydrogen (secondary N) is 1. The Morgan fingerprint density at radius 3 is 2.67 bits per heavy atom. The lowest BCUT2D eigenvalue weighted by Crippen LogP contribution is -2.32.